The zero-order chi connectivity index (χ0) is 13.3. The van der Waals surface area contributed by atoms with Crippen molar-refractivity contribution in [2.45, 2.75) is 31.4 Å². The lowest BCUT2D eigenvalue weighted by atomic mass is 10.0. The molecule has 1 aromatic carbocycles. The van der Waals surface area contributed by atoms with Crippen molar-refractivity contribution >= 4 is 11.3 Å². The minimum absolute atomic E-state index is 0.211. The standard InChI is InChI=1S/C14H17N3OS/c1-14(8-5-9-18-14)13-17-16-12(19-13)11(15)10-6-3-2-4-7-10/h2-4,6-7,11H,5,8-9,15H2,1H3. The van der Waals surface area contributed by atoms with E-state index in [4.69, 9.17) is 10.5 Å². The molecule has 0 bridgehead atoms. The molecule has 0 radical (unpaired) electrons. The van der Waals surface area contributed by atoms with E-state index in [0.717, 1.165) is 35.0 Å². The highest BCUT2D eigenvalue weighted by Crippen LogP contribution is 2.38. The molecule has 0 spiro atoms. The second-order valence-electron chi connectivity index (χ2n) is 5.02. The van der Waals surface area contributed by atoms with Crippen molar-refractivity contribution < 1.29 is 4.74 Å². The number of nitrogens with zero attached hydrogens (tertiary/aromatic N) is 2. The third-order valence-electron chi connectivity index (χ3n) is 3.54. The molecular weight excluding hydrogens is 258 g/mol. The molecule has 2 N–H and O–H groups in total. The average molecular weight is 275 g/mol. The molecule has 3 rings (SSSR count). The van der Waals surface area contributed by atoms with Gasteiger partial charge in [-0.2, -0.15) is 0 Å². The molecule has 2 aromatic rings. The Morgan fingerprint density at radius 1 is 1.32 bits per heavy atom. The predicted molar refractivity (Wildman–Crippen MR) is 74.9 cm³/mol. The van der Waals surface area contributed by atoms with E-state index in [-0.39, 0.29) is 11.6 Å². The van der Waals surface area contributed by atoms with Gasteiger partial charge in [-0.3, -0.25) is 0 Å². The Hall–Kier alpha value is -1.30. The molecule has 2 unspecified atom stereocenters. The van der Waals surface area contributed by atoms with E-state index in [2.05, 4.69) is 17.1 Å². The van der Waals surface area contributed by atoms with Crippen molar-refractivity contribution in [2.75, 3.05) is 6.61 Å². The largest absolute Gasteiger partial charge is 0.368 e. The number of nitrogens with two attached hydrogens (primary N) is 1. The van der Waals surface area contributed by atoms with Crippen LogP contribution in [0.25, 0.3) is 0 Å². The van der Waals surface area contributed by atoms with E-state index in [1.54, 1.807) is 11.3 Å². The van der Waals surface area contributed by atoms with Gasteiger partial charge in [0.15, 0.2) is 0 Å². The van der Waals surface area contributed by atoms with Gasteiger partial charge in [0.2, 0.25) is 0 Å². The van der Waals surface area contributed by atoms with Gasteiger partial charge in [-0.25, -0.2) is 0 Å². The molecule has 5 heteroatoms. The molecule has 0 saturated carbocycles. The first-order valence-electron chi connectivity index (χ1n) is 6.47. The van der Waals surface area contributed by atoms with Gasteiger partial charge in [0.1, 0.15) is 15.6 Å². The summed E-state index contributed by atoms with van der Waals surface area (Å²) in [6.07, 6.45) is 2.08. The smallest absolute Gasteiger partial charge is 0.149 e. The SMILES string of the molecule is CC1(c2nnc(C(N)c3ccccc3)s2)CCCO1. The summed E-state index contributed by atoms with van der Waals surface area (Å²) in [5, 5.41) is 10.3. The number of aromatic nitrogens is 2. The van der Waals surface area contributed by atoms with Crippen molar-refractivity contribution in [1.82, 2.24) is 10.2 Å². The summed E-state index contributed by atoms with van der Waals surface area (Å²) in [7, 11) is 0. The van der Waals surface area contributed by atoms with E-state index in [9.17, 15) is 0 Å². The molecule has 1 saturated heterocycles. The Morgan fingerprint density at radius 3 is 2.79 bits per heavy atom. The molecule has 19 heavy (non-hydrogen) atoms. The molecule has 4 nitrogen and oxygen atoms in total. The lowest BCUT2D eigenvalue weighted by Crippen LogP contribution is -2.19. The molecule has 1 aromatic heterocycles. The van der Waals surface area contributed by atoms with Gasteiger partial charge in [-0.05, 0) is 25.3 Å². The van der Waals surface area contributed by atoms with E-state index in [0.29, 0.717) is 0 Å². The Morgan fingerprint density at radius 2 is 2.11 bits per heavy atom. The maximum Gasteiger partial charge on any atom is 0.149 e. The topological polar surface area (TPSA) is 61.0 Å². The number of rotatable bonds is 3. The third-order valence-corrected chi connectivity index (χ3v) is 4.79. The lowest BCUT2D eigenvalue weighted by molar-refractivity contribution is 0.0161. The highest BCUT2D eigenvalue weighted by atomic mass is 32.1. The third kappa shape index (κ3) is 2.41. The second kappa shape index (κ2) is 5.00. The normalized spacial score (nSPS) is 24.5. The molecular formula is C14H17N3OS. The van der Waals surface area contributed by atoms with Gasteiger partial charge < -0.3 is 10.5 Å². The van der Waals surface area contributed by atoms with Gasteiger partial charge in [0.25, 0.3) is 0 Å². The molecule has 1 aliphatic heterocycles. The van der Waals surface area contributed by atoms with E-state index in [1.807, 2.05) is 30.3 Å². The van der Waals surface area contributed by atoms with Crippen LogP contribution in [0.1, 0.15) is 41.4 Å². The van der Waals surface area contributed by atoms with E-state index < -0.39 is 0 Å². The van der Waals surface area contributed by atoms with Gasteiger partial charge in [0.05, 0.1) is 6.04 Å². The van der Waals surface area contributed by atoms with Crippen LogP contribution in [0.3, 0.4) is 0 Å². The highest BCUT2D eigenvalue weighted by Gasteiger charge is 2.35. The molecule has 1 fully saturated rings. The lowest BCUT2D eigenvalue weighted by Gasteiger charge is -2.18. The quantitative estimate of drug-likeness (QED) is 0.935. The fourth-order valence-electron chi connectivity index (χ4n) is 2.32. The molecule has 1 aliphatic rings. The van der Waals surface area contributed by atoms with Crippen molar-refractivity contribution in [3.8, 4) is 0 Å². The molecule has 2 atom stereocenters. The van der Waals surface area contributed by atoms with Crippen molar-refractivity contribution in [2.24, 2.45) is 5.73 Å². The second-order valence-corrected chi connectivity index (χ2v) is 6.03. The summed E-state index contributed by atoms with van der Waals surface area (Å²) < 4.78 is 5.79. The van der Waals surface area contributed by atoms with Crippen molar-refractivity contribution in [3.63, 3.8) is 0 Å². The van der Waals surface area contributed by atoms with Crippen LogP contribution < -0.4 is 5.73 Å². The van der Waals surface area contributed by atoms with E-state index in [1.165, 1.54) is 0 Å². The summed E-state index contributed by atoms with van der Waals surface area (Å²) in [6.45, 7) is 2.88. The summed E-state index contributed by atoms with van der Waals surface area (Å²) in [6, 6.07) is 9.77. The zero-order valence-electron chi connectivity index (χ0n) is 10.9. The first-order chi connectivity index (χ1) is 9.19. The first kappa shape index (κ1) is 12.7. The molecule has 2 heterocycles. The van der Waals surface area contributed by atoms with Crippen LogP contribution in [0.5, 0.6) is 0 Å². The maximum atomic E-state index is 6.24. The first-order valence-corrected chi connectivity index (χ1v) is 7.29. The molecule has 100 valence electrons. The van der Waals surface area contributed by atoms with Gasteiger partial charge in [-0.15, -0.1) is 10.2 Å². The number of hydrogen-bond donors (Lipinski definition) is 1. The fourth-order valence-corrected chi connectivity index (χ4v) is 3.33. The fraction of sp³-hybridized carbons (Fsp3) is 0.429. The summed E-state index contributed by atoms with van der Waals surface area (Å²) in [4.78, 5) is 0. The van der Waals surface area contributed by atoms with Crippen LogP contribution >= 0.6 is 11.3 Å². The number of hydrogen-bond acceptors (Lipinski definition) is 5. The van der Waals surface area contributed by atoms with Gasteiger partial charge in [-0.1, -0.05) is 41.7 Å². The number of benzene rings is 1. The zero-order valence-corrected chi connectivity index (χ0v) is 11.7. The predicted octanol–water partition coefficient (Wildman–Crippen LogP) is 2.61. The Labute approximate surface area is 116 Å². The Bertz CT molecular complexity index is 549. The summed E-state index contributed by atoms with van der Waals surface area (Å²) in [5.41, 5.74) is 7.03. The van der Waals surface area contributed by atoms with Gasteiger partial charge >= 0.3 is 0 Å². The highest BCUT2D eigenvalue weighted by molar-refractivity contribution is 7.11. The summed E-state index contributed by atoms with van der Waals surface area (Å²) >= 11 is 1.56. The number of ether oxygens (including phenoxy) is 1. The van der Waals surface area contributed by atoms with Crippen LogP contribution in [0.2, 0.25) is 0 Å². The molecule has 0 aliphatic carbocycles. The summed E-state index contributed by atoms with van der Waals surface area (Å²) in [5.74, 6) is 0. The average Bonchev–Trinajstić information content (AvgIpc) is 3.08. The minimum atomic E-state index is -0.272. The van der Waals surface area contributed by atoms with E-state index >= 15 is 0 Å². The van der Waals surface area contributed by atoms with Crippen LogP contribution in [0.15, 0.2) is 30.3 Å². The molecule has 0 amide bonds. The maximum absolute atomic E-state index is 6.24. The minimum Gasteiger partial charge on any atom is -0.368 e. The van der Waals surface area contributed by atoms with Crippen LogP contribution in [0.4, 0.5) is 0 Å². The van der Waals surface area contributed by atoms with Crippen LogP contribution in [-0.4, -0.2) is 16.8 Å². The Kier molecular flexibility index (Phi) is 3.35. The van der Waals surface area contributed by atoms with Crippen LogP contribution in [-0.2, 0) is 10.3 Å². The van der Waals surface area contributed by atoms with Crippen LogP contribution in [0, 0.1) is 0 Å². The Balaban J connectivity index is 1.85. The van der Waals surface area contributed by atoms with Gasteiger partial charge in [0, 0.05) is 6.61 Å². The van der Waals surface area contributed by atoms with Crippen molar-refractivity contribution in [3.05, 3.63) is 45.9 Å². The monoisotopic (exact) mass is 275 g/mol. The van der Waals surface area contributed by atoms with Crippen molar-refractivity contribution in [1.29, 1.82) is 0 Å².